The maximum absolute atomic E-state index is 14.7. The van der Waals surface area contributed by atoms with E-state index in [1.54, 1.807) is 4.90 Å². The summed E-state index contributed by atoms with van der Waals surface area (Å²) in [5.74, 6) is -1.52. The topological polar surface area (TPSA) is 183 Å². The summed E-state index contributed by atoms with van der Waals surface area (Å²) < 4.78 is 0. The van der Waals surface area contributed by atoms with E-state index in [1.165, 1.54) is 25.0 Å². The highest BCUT2D eigenvalue weighted by atomic mass is 16.3. The zero-order valence-corrected chi connectivity index (χ0v) is 31.9. The predicted octanol–water partition coefficient (Wildman–Crippen LogP) is 3.53. The van der Waals surface area contributed by atoms with E-state index in [0.29, 0.717) is 37.6 Å². The van der Waals surface area contributed by atoms with Gasteiger partial charge in [0.05, 0.1) is 12.2 Å². The van der Waals surface area contributed by atoms with Crippen LogP contribution in [0.2, 0.25) is 0 Å². The molecular weight excluding hydrogens is 674 g/mol. The van der Waals surface area contributed by atoms with Crippen molar-refractivity contribution >= 4 is 29.5 Å². The number of hydrogen-bond donors (Lipinski definition) is 5. The molecule has 53 heavy (non-hydrogen) atoms. The molecule has 5 N–H and O–H groups in total. The number of aliphatic hydroxyl groups excluding tert-OH is 1. The normalized spacial score (nSPS) is 28.0. The Morgan fingerprint density at radius 1 is 0.943 bits per heavy atom. The maximum Gasteiger partial charge on any atom is 0.276 e. The molecule has 8 atom stereocenters. The lowest BCUT2D eigenvalue weighted by atomic mass is 9.84. The molecule has 0 aromatic carbocycles. The average molecular weight is 734 g/mol. The van der Waals surface area contributed by atoms with Crippen LogP contribution in [0.5, 0.6) is 0 Å². The van der Waals surface area contributed by atoms with E-state index in [1.807, 2.05) is 27.7 Å². The van der Waals surface area contributed by atoms with Crippen LogP contribution in [0.4, 0.5) is 0 Å². The molecule has 2 unspecified atom stereocenters. The second kappa shape index (κ2) is 16.7. The third kappa shape index (κ3) is 8.92. The van der Waals surface area contributed by atoms with Crippen molar-refractivity contribution in [3.63, 3.8) is 0 Å². The number of aliphatic hydroxyl groups is 1. The van der Waals surface area contributed by atoms with E-state index >= 15 is 0 Å². The zero-order valence-electron chi connectivity index (χ0n) is 31.9. The van der Waals surface area contributed by atoms with Gasteiger partial charge >= 0.3 is 0 Å². The summed E-state index contributed by atoms with van der Waals surface area (Å²) in [5, 5.41) is 23.1. The van der Waals surface area contributed by atoms with Gasteiger partial charge in [0.15, 0.2) is 6.10 Å². The van der Waals surface area contributed by atoms with Gasteiger partial charge in [-0.15, -0.1) is 0 Å². The molecule has 0 spiro atoms. The molecule has 3 heterocycles. The highest BCUT2D eigenvalue weighted by Gasteiger charge is 2.55. The molecule has 3 aliphatic carbocycles. The summed E-state index contributed by atoms with van der Waals surface area (Å²) in [4.78, 5) is 79.4. The van der Waals surface area contributed by atoms with Crippen LogP contribution in [0.3, 0.4) is 0 Å². The Morgan fingerprint density at radius 3 is 2.34 bits per heavy atom. The number of hydrogen-bond acceptors (Lipinski definition) is 8. The van der Waals surface area contributed by atoms with Crippen molar-refractivity contribution in [3.05, 3.63) is 35.6 Å². The number of nitrogens with one attached hydrogen (secondary N) is 4. The van der Waals surface area contributed by atoms with Crippen LogP contribution in [0.25, 0.3) is 0 Å². The van der Waals surface area contributed by atoms with E-state index in [-0.39, 0.29) is 41.1 Å². The molecular formula is C40H59N7O6. The predicted molar refractivity (Wildman–Crippen MR) is 198 cm³/mol. The lowest BCUT2D eigenvalue weighted by Gasteiger charge is -2.37. The highest BCUT2D eigenvalue weighted by molar-refractivity contribution is 6.04. The monoisotopic (exact) mass is 733 g/mol. The molecule has 13 heteroatoms. The molecule has 2 saturated heterocycles. The first-order valence-electron chi connectivity index (χ1n) is 20.0. The molecule has 5 fully saturated rings. The standard InChI is InChI=1S/C40H59N7O6/c1-23(25-11-7-5-8-12-25)43-38(52)33(48)29-16-15-24-19-27-22-47(32(28(27)20-24)37(51)44-29)39(53)34(40(2,3)4)46-36(50)31(26-13-9-6-10-14-26)45-35(49)30-21-41-17-18-42-30/h17-18,21,23-25,27-29,32-34,48H,5-16,19-20,22H2,1-4H3,(H,43,52)(H,44,51)(H,45,49)(H,46,50)/t23-,24?,27-,28-,29-,32-,33?,34+/m0/s1. The number of amides is 5. The Bertz CT molecular complexity index is 1550. The molecule has 1 aromatic rings. The van der Waals surface area contributed by atoms with E-state index in [2.05, 4.69) is 31.2 Å². The third-order valence-corrected chi connectivity index (χ3v) is 12.6. The molecule has 13 nitrogen and oxygen atoms in total. The van der Waals surface area contributed by atoms with Gasteiger partial charge < -0.3 is 31.3 Å². The van der Waals surface area contributed by atoms with Gasteiger partial charge in [-0.1, -0.05) is 46.5 Å². The number of allylic oxidation sites excluding steroid dienone is 1. The SMILES string of the molecule is C[C@H](NC(=O)C(O)[C@@H]1CCC2C[C@H]3CN(C(=O)[C@@H](NC(=O)C(NC(=O)c4cnccn4)=C4CCCCC4)C(C)(C)C)[C@H](C(=O)N1)[C@H]3C2)C1CCCCC1. The summed E-state index contributed by atoms with van der Waals surface area (Å²) in [7, 11) is 0. The molecule has 5 aliphatic rings. The van der Waals surface area contributed by atoms with Crippen LogP contribution in [0.15, 0.2) is 29.9 Å². The Hall–Kier alpha value is -3.87. The van der Waals surface area contributed by atoms with Crippen LogP contribution in [-0.4, -0.2) is 86.3 Å². The first-order chi connectivity index (χ1) is 25.3. The van der Waals surface area contributed by atoms with Crippen LogP contribution >= 0.6 is 0 Å². The maximum atomic E-state index is 14.7. The molecule has 0 radical (unpaired) electrons. The summed E-state index contributed by atoms with van der Waals surface area (Å²) in [5.41, 5.74) is 0.290. The van der Waals surface area contributed by atoms with E-state index in [0.717, 1.165) is 69.8 Å². The molecule has 2 aliphatic heterocycles. The Balaban J connectivity index is 1.20. The van der Waals surface area contributed by atoms with E-state index in [4.69, 9.17) is 0 Å². The van der Waals surface area contributed by atoms with Crippen LogP contribution in [0.1, 0.15) is 128 Å². The van der Waals surface area contributed by atoms with Gasteiger partial charge in [0.1, 0.15) is 23.5 Å². The lowest BCUT2D eigenvalue weighted by molar-refractivity contribution is -0.145. The smallest absolute Gasteiger partial charge is 0.276 e. The summed E-state index contributed by atoms with van der Waals surface area (Å²) >= 11 is 0. The summed E-state index contributed by atoms with van der Waals surface area (Å²) in [6, 6.07) is -2.64. The van der Waals surface area contributed by atoms with Gasteiger partial charge in [0.25, 0.3) is 17.7 Å². The van der Waals surface area contributed by atoms with Crippen LogP contribution in [0, 0.1) is 29.1 Å². The van der Waals surface area contributed by atoms with Crippen molar-refractivity contribution < 1.29 is 29.1 Å². The average Bonchev–Trinajstić information content (AvgIpc) is 3.72. The highest BCUT2D eigenvalue weighted by Crippen LogP contribution is 2.48. The quantitative estimate of drug-likeness (QED) is 0.239. The fourth-order valence-electron chi connectivity index (χ4n) is 9.65. The van der Waals surface area contributed by atoms with E-state index < -0.39 is 47.4 Å². The van der Waals surface area contributed by atoms with Crippen molar-refractivity contribution in [1.82, 2.24) is 36.1 Å². The van der Waals surface area contributed by atoms with Crippen LogP contribution < -0.4 is 21.3 Å². The van der Waals surface area contributed by atoms with Crippen molar-refractivity contribution in [2.45, 2.75) is 148 Å². The largest absolute Gasteiger partial charge is 0.381 e. The first-order valence-corrected chi connectivity index (χ1v) is 20.0. The fraction of sp³-hybridized carbons (Fsp3) is 0.725. The molecule has 5 amide bonds. The minimum Gasteiger partial charge on any atom is -0.381 e. The molecule has 1 aromatic heterocycles. The summed E-state index contributed by atoms with van der Waals surface area (Å²) in [6.45, 7) is 8.00. The minimum absolute atomic E-state index is 0.0532. The van der Waals surface area contributed by atoms with Gasteiger partial charge in [-0.2, -0.15) is 0 Å². The Labute approximate surface area is 313 Å². The van der Waals surface area contributed by atoms with E-state index in [9.17, 15) is 29.1 Å². The molecule has 6 rings (SSSR count). The van der Waals surface area contributed by atoms with Gasteiger partial charge in [-0.05, 0) is 106 Å². The third-order valence-electron chi connectivity index (χ3n) is 12.6. The summed E-state index contributed by atoms with van der Waals surface area (Å²) in [6.07, 6.45) is 15.4. The molecule has 290 valence electrons. The van der Waals surface area contributed by atoms with Crippen molar-refractivity contribution in [2.75, 3.05) is 6.54 Å². The Morgan fingerprint density at radius 2 is 1.66 bits per heavy atom. The molecule has 2 bridgehead atoms. The number of carbonyl (C=O) groups is 5. The molecule has 3 saturated carbocycles. The lowest BCUT2D eigenvalue weighted by Crippen LogP contribution is -2.60. The number of nitrogens with zero attached hydrogens (tertiary/aromatic N) is 3. The van der Waals surface area contributed by atoms with Gasteiger partial charge in [-0.3, -0.25) is 29.0 Å². The Kier molecular flexibility index (Phi) is 12.2. The van der Waals surface area contributed by atoms with Crippen LogP contribution in [-0.2, 0) is 19.2 Å². The van der Waals surface area contributed by atoms with Gasteiger partial charge in [0.2, 0.25) is 11.8 Å². The number of likely N-dealkylation sites (tertiary alicyclic amines) is 1. The van der Waals surface area contributed by atoms with Gasteiger partial charge in [0, 0.05) is 25.0 Å². The van der Waals surface area contributed by atoms with Crippen molar-refractivity contribution in [3.8, 4) is 0 Å². The minimum atomic E-state index is -1.41. The number of rotatable bonds is 9. The van der Waals surface area contributed by atoms with Gasteiger partial charge in [-0.25, -0.2) is 4.98 Å². The zero-order chi connectivity index (χ0) is 37.9. The number of carbonyl (C=O) groups excluding carboxylic acids is 5. The first kappa shape index (κ1) is 38.8. The van der Waals surface area contributed by atoms with Crippen molar-refractivity contribution in [2.24, 2.45) is 29.1 Å². The second-order valence-electron chi connectivity index (χ2n) is 17.4. The second-order valence-corrected chi connectivity index (χ2v) is 17.4. The number of aromatic nitrogens is 2. The van der Waals surface area contributed by atoms with Crippen molar-refractivity contribution in [1.29, 1.82) is 0 Å². The fourth-order valence-corrected chi connectivity index (χ4v) is 9.65. The number of fused-ring (bicyclic) bond motifs is 1.